The zero-order valence-corrected chi connectivity index (χ0v) is 14.6. The molecule has 0 bridgehead atoms. The van der Waals surface area contributed by atoms with Crippen LogP contribution in [0.2, 0.25) is 0 Å². The molecule has 0 saturated carbocycles. The van der Waals surface area contributed by atoms with Crippen LogP contribution in [0.3, 0.4) is 0 Å². The molecule has 0 aliphatic heterocycles. The summed E-state index contributed by atoms with van der Waals surface area (Å²) in [5, 5.41) is 4.21. The fraction of sp³-hybridized carbons (Fsp3) is 0.0435. The third kappa shape index (κ3) is 4.78. The van der Waals surface area contributed by atoms with E-state index >= 15 is 0 Å². The summed E-state index contributed by atoms with van der Waals surface area (Å²) in [6.07, 6.45) is 1.13. The van der Waals surface area contributed by atoms with E-state index in [1.165, 1.54) is 21.6 Å². The van der Waals surface area contributed by atoms with E-state index < -0.39 is 0 Å². The molecule has 0 saturated heterocycles. The molecular weight excluding hydrogens is 307 g/mol. The molecular formula is C23H21P. The number of hydrogen-bond donors (Lipinski definition) is 0. The van der Waals surface area contributed by atoms with Gasteiger partial charge in [-0.15, -0.1) is 0 Å². The van der Waals surface area contributed by atoms with Crippen molar-refractivity contribution in [1.82, 2.24) is 0 Å². The van der Waals surface area contributed by atoms with Crippen LogP contribution in [0.1, 0.15) is 5.56 Å². The summed E-state index contributed by atoms with van der Waals surface area (Å²) in [5.74, 6) is 0. The molecule has 0 aliphatic rings. The Hall–Kier alpha value is -2.43. The summed E-state index contributed by atoms with van der Waals surface area (Å²) < 4.78 is 0. The van der Waals surface area contributed by atoms with E-state index in [-0.39, 0.29) is 0 Å². The van der Waals surface area contributed by atoms with Gasteiger partial charge >= 0.3 is 0 Å². The first-order valence-electron chi connectivity index (χ1n) is 8.19. The van der Waals surface area contributed by atoms with Crippen molar-refractivity contribution in [2.45, 2.75) is 6.16 Å². The molecule has 0 amide bonds. The second-order valence-corrected chi connectivity index (χ2v) is 6.77. The van der Waals surface area contributed by atoms with Crippen LogP contribution >= 0.6 is 8.58 Å². The van der Waals surface area contributed by atoms with Crippen LogP contribution < -0.4 is 5.30 Å². The van der Waals surface area contributed by atoms with E-state index in [0.717, 1.165) is 14.7 Å². The molecule has 0 radical (unpaired) electrons. The summed E-state index contributed by atoms with van der Waals surface area (Å²) in [6.45, 7) is 0. The summed E-state index contributed by atoms with van der Waals surface area (Å²) in [7, 11) is 0.836. The Balaban J connectivity index is 0.000000238. The Morgan fingerprint density at radius 3 is 1.75 bits per heavy atom. The van der Waals surface area contributed by atoms with E-state index in [4.69, 9.17) is 0 Å². The van der Waals surface area contributed by atoms with Crippen molar-refractivity contribution in [3.63, 3.8) is 0 Å². The van der Waals surface area contributed by atoms with Crippen LogP contribution in [-0.4, -0.2) is 0 Å². The minimum Gasteiger partial charge on any atom is -0.0852 e. The van der Waals surface area contributed by atoms with E-state index in [0.29, 0.717) is 0 Å². The molecule has 0 fully saturated rings. The number of rotatable bonds is 3. The normalized spacial score (nSPS) is 10.5. The van der Waals surface area contributed by atoms with Crippen molar-refractivity contribution in [2.75, 3.05) is 0 Å². The molecule has 0 spiro atoms. The third-order valence-electron chi connectivity index (χ3n) is 3.78. The van der Waals surface area contributed by atoms with Crippen LogP contribution in [0.15, 0.2) is 109 Å². The Kier molecular flexibility index (Phi) is 6.17. The van der Waals surface area contributed by atoms with Crippen molar-refractivity contribution in [1.29, 1.82) is 0 Å². The van der Waals surface area contributed by atoms with Gasteiger partial charge in [-0.2, -0.15) is 0 Å². The van der Waals surface area contributed by atoms with Gasteiger partial charge < -0.3 is 0 Å². The average Bonchev–Trinajstić information content (AvgIpc) is 2.69. The zero-order chi connectivity index (χ0) is 16.5. The molecule has 4 rings (SSSR count). The van der Waals surface area contributed by atoms with Gasteiger partial charge in [0.2, 0.25) is 0 Å². The largest absolute Gasteiger partial charge is 0.0852 e. The third-order valence-corrected chi connectivity index (χ3v) is 5.18. The quantitative estimate of drug-likeness (QED) is 0.403. The van der Waals surface area contributed by atoms with Gasteiger partial charge in [-0.1, -0.05) is 118 Å². The standard InChI is InChI=1S/C17H15P.C6H6/c1-2-7-14(8-3-1)13-18-17-12-6-10-15-9-4-5-11-16(15)17;1-2-4-6-5-3-1/h1-12,18H,13H2;1-6H. The second-order valence-electron chi connectivity index (χ2n) is 5.52. The molecule has 24 heavy (non-hydrogen) atoms. The van der Waals surface area contributed by atoms with Crippen LogP contribution in [0.5, 0.6) is 0 Å². The fourth-order valence-electron chi connectivity index (χ4n) is 2.56. The maximum Gasteiger partial charge on any atom is -0.00600 e. The maximum atomic E-state index is 2.25. The van der Waals surface area contributed by atoms with Crippen molar-refractivity contribution >= 4 is 24.7 Å². The molecule has 1 unspecified atom stereocenters. The van der Waals surface area contributed by atoms with Crippen LogP contribution in [0.25, 0.3) is 10.8 Å². The van der Waals surface area contributed by atoms with Crippen molar-refractivity contribution < 1.29 is 0 Å². The maximum absolute atomic E-state index is 2.25. The van der Waals surface area contributed by atoms with Crippen LogP contribution in [0.4, 0.5) is 0 Å². The smallest absolute Gasteiger partial charge is 0.00600 e. The average molecular weight is 328 g/mol. The molecule has 1 atom stereocenters. The lowest BCUT2D eigenvalue weighted by atomic mass is 10.1. The minimum atomic E-state index is 0.836. The summed E-state index contributed by atoms with van der Waals surface area (Å²) in [6, 6.07) is 38.0. The van der Waals surface area contributed by atoms with Gasteiger partial charge in [0.15, 0.2) is 0 Å². The lowest BCUT2D eigenvalue weighted by molar-refractivity contribution is 1.41. The lowest BCUT2D eigenvalue weighted by Crippen LogP contribution is -1.96. The molecule has 0 heterocycles. The molecule has 0 nitrogen and oxygen atoms in total. The van der Waals surface area contributed by atoms with E-state index in [1.807, 2.05) is 36.4 Å². The van der Waals surface area contributed by atoms with Crippen molar-refractivity contribution in [3.05, 3.63) is 115 Å². The van der Waals surface area contributed by atoms with E-state index in [2.05, 4.69) is 72.8 Å². The van der Waals surface area contributed by atoms with Gasteiger partial charge in [-0.25, -0.2) is 0 Å². The van der Waals surface area contributed by atoms with Gasteiger partial charge in [-0.05, 0) is 27.8 Å². The van der Waals surface area contributed by atoms with Gasteiger partial charge in [0.1, 0.15) is 0 Å². The molecule has 0 aromatic heterocycles. The van der Waals surface area contributed by atoms with E-state index in [1.54, 1.807) is 0 Å². The summed E-state index contributed by atoms with van der Waals surface area (Å²) >= 11 is 0. The molecule has 4 aromatic rings. The molecule has 0 N–H and O–H groups in total. The Bertz CT molecular complexity index is 822. The highest BCUT2D eigenvalue weighted by atomic mass is 31.1. The molecule has 0 aliphatic carbocycles. The van der Waals surface area contributed by atoms with Gasteiger partial charge in [0.05, 0.1) is 0 Å². The van der Waals surface area contributed by atoms with Crippen molar-refractivity contribution in [2.24, 2.45) is 0 Å². The predicted molar refractivity (Wildman–Crippen MR) is 108 cm³/mol. The topological polar surface area (TPSA) is 0 Å². The summed E-state index contributed by atoms with van der Waals surface area (Å²) in [5.41, 5.74) is 1.42. The first-order valence-corrected chi connectivity index (χ1v) is 9.40. The van der Waals surface area contributed by atoms with E-state index in [9.17, 15) is 0 Å². The predicted octanol–water partition coefficient (Wildman–Crippen LogP) is 6.03. The second kappa shape index (κ2) is 9.01. The van der Waals surface area contributed by atoms with Crippen LogP contribution in [-0.2, 0) is 6.16 Å². The first kappa shape index (κ1) is 16.4. The molecule has 1 heteroatoms. The Labute approximate surface area is 146 Å². The SMILES string of the molecule is c1ccc(CPc2cccc3ccccc23)cc1.c1ccccc1. The number of benzene rings is 4. The Morgan fingerprint density at radius 1 is 0.500 bits per heavy atom. The van der Waals surface area contributed by atoms with Gasteiger partial charge in [0.25, 0.3) is 0 Å². The van der Waals surface area contributed by atoms with Gasteiger partial charge in [0, 0.05) is 0 Å². The minimum absolute atomic E-state index is 0.836. The van der Waals surface area contributed by atoms with Crippen LogP contribution in [0, 0.1) is 0 Å². The Morgan fingerprint density at radius 2 is 1.04 bits per heavy atom. The van der Waals surface area contributed by atoms with Gasteiger partial charge in [-0.3, -0.25) is 0 Å². The first-order chi connectivity index (χ1) is 11.9. The monoisotopic (exact) mass is 328 g/mol. The lowest BCUT2D eigenvalue weighted by Gasteiger charge is -2.06. The highest BCUT2D eigenvalue weighted by Crippen LogP contribution is 2.23. The van der Waals surface area contributed by atoms with Crippen molar-refractivity contribution in [3.8, 4) is 0 Å². The molecule has 118 valence electrons. The summed E-state index contributed by atoms with van der Waals surface area (Å²) in [4.78, 5) is 0. The highest BCUT2D eigenvalue weighted by Gasteiger charge is 2.00. The number of hydrogen-bond acceptors (Lipinski definition) is 0. The zero-order valence-electron chi connectivity index (χ0n) is 13.6. The fourth-order valence-corrected chi connectivity index (χ4v) is 3.82. The molecule has 4 aromatic carbocycles. The highest BCUT2D eigenvalue weighted by molar-refractivity contribution is 7.47. The number of fused-ring (bicyclic) bond motifs is 1.